The fraction of sp³-hybridized carbons (Fsp3) is 0.857. The van der Waals surface area contributed by atoms with Crippen LogP contribution in [0.25, 0.3) is 0 Å². The third-order valence-electron chi connectivity index (χ3n) is 2.17. The van der Waals surface area contributed by atoms with Crippen molar-refractivity contribution in [2.24, 2.45) is 11.7 Å². The second-order valence-corrected chi connectivity index (χ2v) is 2.90. The van der Waals surface area contributed by atoms with Gasteiger partial charge in [-0.3, -0.25) is 5.73 Å². The molecule has 0 radical (unpaired) electrons. The quantitative estimate of drug-likeness (QED) is 0.198. The maximum Gasteiger partial charge on any atom is 0.282 e. The van der Waals surface area contributed by atoms with Crippen LogP contribution in [0.1, 0.15) is 32.1 Å². The first-order chi connectivity index (χ1) is 4.84. The third-order valence-corrected chi connectivity index (χ3v) is 2.17. The van der Waals surface area contributed by atoms with Gasteiger partial charge >= 0.3 is 0 Å². The van der Waals surface area contributed by atoms with Crippen molar-refractivity contribution in [2.45, 2.75) is 32.1 Å². The SMILES string of the molecule is N/C(=[NH+]/O)C1CCCCC1. The molecule has 0 heterocycles. The van der Waals surface area contributed by atoms with Gasteiger partial charge in [0.2, 0.25) is 0 Å². The molecule has 58 valence electrons. The Labute approximate surface area is 60.9 Å². The average Bonchev–Trinajstić information content (AvgIpc) is 2.05. The van der Waals surface area contributed by atoms with E-state index in [1.807, 2.05) is 5.16 Å². The summed E-state index contributed by atoms with van der Waals surface area (Å²) in [6.45, 7) is 0. The van der Waals surface area contributed by atoms with E-state index in [-0.39, 0.29) is 0 Å². The molecule has 0 aromatic carbocycles. The van der Waals surface area contributed by atoms with Gasteiger partial charge in [-0.1, -0.05) is 24.4 Å². The van der Waals surface area contributed by atoms with Crippen LogP contribution < -0.4 is 10.9 Å². The van der Waals surface area contributed by atoms with Crippen molar-refractivity contribution in [1.29, 1.82) is 0 Å². The number of nitrogens with one attached hydrogen (secondary N) is 1. The maximum atomic E-state index is 8.47. The Kier molecular flexibility index (Phi) is 2.54. The Hall–Kier alpha value is -0.730. The van der Waals surface area contributed by atoms with Gasteiger partial charge in [-0.15, -0.1) is 0 Å². The highest BCUT2D eigenvalue weighted by Crippen LogP contribution is 2.22. The van der Waals surface area contributed by atoms with E-state index >= 15 is 0 Å². The lowest BCUT2D eigenvalue weighted by Gasteiger charge is -2.16. The molecule has 10 heavy (non-hydrogen) atoms. The average molecular weight is 143 g/mol. The molecular weight excluding hydrogens is 128 g/mol. The molecule has 0 aromatic heterocycles. The number of rotatable bonds is 1. The molecule has 0 spiro atoms. The van der Waals surface area contributed by atoms with Gasteiger partial charge < -0.3 is 5.21 Å². The van der Waals surface area contributed by atoms with E-state index in [4.69, 9.17) is 10.9 Å². The Bertz CT molecular complexity index is 128. The van der Waals surface area contributed by atoms with Crippen LogP contribution in [0.2, 0.25) is 0 Å². The molecule has 0 unspecified atom stereocenters. The largest absolute Gasteiger partial charge is 0.357 e. The molecule has 1 rings (SSSR count). The van der Waals surface area contributed by atoms with Gasteiger partial charge in [0.25, 0.3) is 5.84 Å². The fourth-order valence-corrected chi connectivity index (χ4v) is 1.50. The fourth-order valence-electron chi connectivity index (χ4n) is 1.50. The number of hydrogen-bond acceptors (Lipinski definition) is 1. The van der Waals surface area contributed by atoms with Crippen LogP contribution in [0.5, 0.6) is 0 Å². The summed E-state index contributed by atoms with van der Waals surface area (Å²) in [6.07, 6.45) is 6.05. The van der Waals surface area contributed by atoms with Gasteiger partial charge in [-0.05, 0) is 12.8 Å². The van der Waals surface area contributed by atoms with E-state index in [1.165, 1.54) is 19.3 Å². The van der Waals surface area contributed by atoms with E-state index in [2.05, 4.69) is 0 Å². The predicted molar refractivity (Wildman–Crippen MR) is 38.5 cm³/mol. The number of nitrogens with two attached hydrogens (primary N) is 1. The standard InChI is InChI=1S/C7H14N2O/c8-7(9-10)6-4-2-1-3-5-6/h6,10H,1-5H2,(H2,8,9)/p+1. The Balaban J connectivity index is 2.39. The lowest BCUT2D eigenvalue weighted by Crippen LogP contribution is -2.73. The minimum absolute atomic E-state index is 0.402. The van der Waals surface area contributed by atoms with E-state index in [0.29, 0.717) is 11.8 Å². The molecule has 0 atom stereocenters. The molecule has 3 nitrogen and oxygen atoms in total. The normalized spacial score (nSPS) is 23.0. The molecule has 3 heteroatoms. The molecule has 0 saturated heterocycles. The molecule has 0 aliphatic heterocycles. The molecule has 0 amide bonds. The van der Waals surface area contributed by atoms with Crippen molar-refractivity contribution in [3.8, 4) is 0 Å². The van der Waals surface area contributed by atoms with Crippen molar-refractivity contribution in [3.63, 3.8) is 0 Å². The summed E-state index contributed by atoms with van der Waals surface area (Å²) in [4.78, 5) is 0. The van der Waals surface area contributed by atoms with Gasteiger partial charge in [0.15, 0.2) is 0 Å². The molecule has 0 bridgehead atoms. The van der Waals surface area contributed by atoms with Crippen molar-refractivity contribution < 1.29 is 10.4 Å². The summed E-state index contributed by atoms with van der Waals surface area (Å²) < 4.78 is 0. The number of hydrogen-bond donors (Lipinski definition) is 3. The molecule has 0 aromatic rings. The Morgan fingerprint density at radius 3 is 2.40 bits per heavy atom. The van der Waals surface area contributed by atoms with Gasteiger partial charge in [-0.25, -0.2) is 0 Å². The summed E-state index contributed by atoms with van der Waals surface area (Å²) in [5, 5.41) is 10.5. The maximum absolute atomic E-state index is 8.47. The van der Waals surface area contributed by atoms with Crippen molar-refractivity contribution in [3.05, 3.63) is 0 Å². The van der Waals surface area contributed by atoms with Gasteiger partial charge in [-0.2, -0.15) is 0 Å². The minimum Gasteiger partial charge on any atom is -0.357 e. The van der Waals surface area contributed by atoms with E-state index in [0.717, 1.165) is 12.8 Å². The van der Waals surface area contributed by atoms with Crippen LogP contribution in [0, 0.1) is 5.92 Å². The molecule has 1 aliphatic rings. The van der Waals surface area contributed by atoms with Crippen molar-refractivity contribution in [1.82, 2.24) is 0 Å². The van der Waals surface area contributed by atoms with E-state index < -0.39 is 0 Å². The minimum atomic E-state index is 0.402. The molecular formula is C7H15N2O+. The van der Waals surface area contributed by atoms with Crippen molar-refractivity contribution in [2.75, 3.05) is 0 Å². The lowest BCUT2D eigenvalue weighted by atomic mass is 9.89. The summed E-state index contributed by atoms with van der Waals surface area (Å²) in [7, 11) is 0. The smallest absolute Gasteiger partial charge is 0.282 e. The lowest BCUT2D eigenvalue weighted by molar-refractivity contribution is -0.739. The van der Waals surface area contributed by atoms with E-state index in [9.17, 15) is 0 Å². The summed E-state index contributed by atoms with van der Waals surface area (Å²) in [5.74, 6) is 0.943. The van der Waals surface area contributed by atoms with Gasteiger partial charge in [0.05, 0.1) is 5.92 Å². The van der Waals surface area contributed by atoms with Crippen LogP contribution in [-0.2, 0) is 0 Å². The molecule has 1 saturated carbocycles. The summed E-state index contributed by atoms with van der Waals surface area (Å²) in [6, 6.07) is 0. The van der Waals surface area contributed by atoms with Crippen LogP contribution in [0.4, 0.5) is 0 Å². The van der Waals surface area contributed by atoms with Crippen LogP contribution >= 0.6 is 0 Å². The zero-order valence-corrected chi connectivity index (χ0v) is 6.14. The van der Waals surface area contributed by atoms with Gasteiger partial charge in [0.1, 0.15) is 0 Å². The second-order valence-electron chi connectivity index (χ2n) is 2.90. The summed E-state index contributed by atoms with van der Waals surface area (Å²) in [5.41, 5.74) is 5.50. The zero-order valence-electron chi connectivity index (χ0n) is 6.14. The molecule has 1 aliphatic carbocycles. The first-order valence-electron chi connectivity index (χ1n) is 3.87. The predicted octanol–water partition coefficient (Wildman–Crippen LogP) is -0.606. The Morgan fingerprint density at radius 1 is 1.30 bits per heavy atom. The van der Waals surface area contributed by atoms with Crippen LogP contribution in [-0.4, -0.2) is 11.0 Å². The van der Waals surface area contributed by atoms with Crippen LogP contribution in [0.15, 0.2) is 0 Å². The zero-order chi connectivity index (χ0) is 7.40. The first-order valence-corrected chi connectivity index (χ1v) is 3.87. The monoisotopic (exact) mass is 143 g/mol. The highest BCUT2D eigenvalue weighted by Gasteiger charge is 2.20. The first kappa shape index (κ1) is 7.38. The second kappa shape index (κ2) is 3.44. The Morgan fingerprint density at radius 2 is 1.90 bits per heavy atom. The summed E-state index contributed by atoms with van der Waals surface area (Å²) >= 11 is 0. The van der Waals surface area contributed by atoms with Crippen molar-refractivity contribution >= 4 is 5.84 Å². The topological polar surface area (TPSA) is 60.2 Å². The van der Waals surface area contributed by atoms with Crippen LogP contribution in [0.3, 0.4) is 0 Å². The molecule has 4 N–H and O–H groups in total. The highest BCUT2D eigenvalue weighted by molar-refractivity contribution is 5.76. The highest BCUT2D eigenvalue weighted by atomic mass is 16.4. The molecule has 1 fully saturated rings. The van der Waals surface area contributed by atoms with Gasteiger partial charge in [0, 0.05) is 0 Å². The third kappa shape index (κ3) is 1.62. The number of amidine groups is 1. The van der Waals surface area contributed by atoms with E-state index in [1.54, 1.807) is 0 Å².